The number of carboxylic acid groups (broad SMARTS) is 1. The molecule has 1 amide bonds. The average Bonchev–Trinajstić information content (AvgIpc) is 3.34. The maximum Gasteiger partial charge on any atom is 0.303 e. The van der Waals surface area contributed by atoms with Crippen LogP contribution in [0.3, 0.4) is 0 Å². The first kappa shape index (κ1) is 26.7. The number of amides is 1. The Kier molecular flexibility index (Phi) is 8.98. The molecule has 1 aromatic heterocycles. The predicted octanol–water partition coefficient (Wildman–Crippen LogP) is 7.32. The highest BCUT2D eigenvalue weighted by molar-refractivity contribution is 6.04. The van der Waals surface area contributed by atoms with Gasteiger partial charge in [0.2, 0.25) is 5.91 Å². The van der Waals surface area contributed by atoms with Crippen LogP contribution in [0.1, 0.15) is 56.7 Å². The predicted molar refractivity (Wildman–Crippen MR) is 153 cm³/mol. The summed E-state index contributed by atoms with van der Waals surface area (Å²) in [5.41, 5.74) is 4.85. The van der Waals surface area contributed by atoms with Gasteiger partial charge in [-0.05, 0) is 66.8 Å². The van der Waals surface area contributed by atoms with E-state index in [1.165, 1.54) is 11.1 Å². The van der Waals surface area contributed by atoms with Crippen LogP contribution in [0.2, 0.25) is 0 Å². The number of carboxylic acids is 1. The zero-order valence-corrected chi connectivity index (χ0v) is 21.9. The topological polar surface area (TPSA) is 80.6 Å². The molecule has 2 N–H and O–H groups in total. The fourth-order valence-corrected chi connectivity index (χ4v) is 4.65. The van der Waals surface area contributed by atoms with Crippen molar-refractivity contribution in [2.45, 2.75) is 45.6 Å². The van der Waals surface area contributed by atoms with E-state index in [0.717, 1.165) is 29.4 Å². The largest absolute Gasteiger partial charge is 0.491 e. The quantitative estimate of drug-likeness (QED) is 0.155. The summed E-state index contributed by atoms with van der Waals surface area (Å²) in [5.74, 6) is -0.600. The lowest BCUT2D eigenvalue weighted by molar-refractivity contribution is -0.137. The summed E-state index contributed by atoms with van der Waals surface area (Å²) in [6.45, 7) is 4.40. The van der Waals surface area contributed by atoms with Crippen molar-refractivity contribution in [3.8, 4) is 5.75 Å². The number of carbonyl (C=O) groups is 2. The number of allylic oxidation sites excluding steroid dienone is 1. The molecule has 0 saturated carbocycles. The monoisotopic (exact) mass is 510 g/mol. The molecule has 4 aromatic rings. The Hall–Kier alpha value is -4.32. The summed E-state index contributed by atoms with van der Waals surface area (Å²) in [5, 5.41) is 12.8. The third kappa shape index (κ3) is 6.71. The van der Waals surface area contributed by atoms with Gasteiger partial charge in [0.25, 0.3) is 0 Å². The number of carbonyl (C=O) groups excluding carboxylic acids is 1. The minimum absolute atomic E-state index is 0.0374. The SMILES string of the molecule is CCCC(c1ccccc1)n1ccc2cc(/C(C)=C/C(=O)Nc3ccccc3OCCCC(=O)O)ccc21. The first-order valence-electron chi connectivity index (χ1n) is 13.0. The molecule has 4 rings (SSSR count). The van der Waals surface area contributed by atoms with Crippen molar-refractivity contribution in [1.29, 1.82) is 0 Å². The van der Waals surface area contributed by atoms with Gasteiger partial charge in [0.05, 0.1) is 18.3 Å². The number of benzene rings is 3. The summed E-state index contributed by atoms with van der Waals surface area (Å²) in [4.78, 5) is 23.5. The average molecular weight is 511 g/mol. The number of para-hydroxylation sites is 2. The Balaban J connectivity index is 1.49. The van der Waals surface area contributed by atoms with Crippen LogP contribution >= 0.6 is 0 Å². The van der Waals surface area contributed by atoms with Crippen LogP contribution in [0.5, 0.6) is 5.75 Å². The minimum atomic E-state index is -0.859. The molecule has 6 nitrogen and oxygen atoms in total. The van der Waals surface area contributed by atoms with Gasteiger partial charge < -0.3 is 19.7 Å². The molecule has 3 aromatic carbocycles. The van der Waals surface area contributed by atoms with Crippen molar-refractivity contribution >= 4 is 34.0 Å². The van der Waals surface area contributed by atoms with Gasteiger partial charge in [-0.1, -0.05) is 61.9 Å². The van der Waals surface area contributed by atoms with Crippen molar-refractivity contribution in [2.24, 2.45) is 0 Å². The van der Waals surface area contributed by atoms with Gasteiger partial charge in [0.15, 0.2) is 0 Å². The van der Waals surface area contributed by atoms with Crippen LogP contribution in [0, 0.1) is 0 Å². The maximum absolute atomic E-state index is 12.8. The molecule has 1 heterocycles. The molecule has 0 aliphatic carbocycles. The lowest BCUT2D eigenvalue weighted by Crippen LogP contribution is -2.11. The van der Waals surface area contributed by atoms with Crippen molar-refractivity contribution in [2.75, 3.05) is 11.9 Å². The highest BCUT2D eigenvalue weighted by Crippen LogP contribution is 2.30. The van der Waals surface area contributed by atoms with Crippen LogP contribution in [0.25, 0.3) is 16.5 Å². The Morgan fingerprint density at radius 3 is 2.55 bits per heavy atom. The normalized spacial score (nSPS) is 12.3. The highest BCUT2D eigenvalue weighted by atomic mass is 16.5. The Labute approximate surface area is 223 Å². The van der Waals surface area contributed by atoms with E-state index in [0.29, 0.717) is 17.9 Å². The number of nitrogens with zero attached hydrogens (tertiary/aromatic N) is 1. The lowest BCUT2D eigenvalue weighted by Gasteiger charge is -2.20. The van der Waals surface area contributed by atoms with Crippen molar-refractivity contribution in [3.63, 3.8) is 0 Å². The third-order valence-corrected chi connectivity index (χ3v) is 6.54. The minimum Gasteiger partial charge on any atom is -0.491 e. The second-order valence-electron chi connectivity index (χ2n) is 9.37. The summed E-state index contributed by atoms with van der Waals surface area (Å²) < 4.78 is 8.04. The van der Waals surface area contributed by atoms with Crippen LogP contribution in [-0.4, -0.2) is 28.2 Å². The standard InChI is InChI=1S/C32H34N2O4/c1-3-10-28(24-11-5-4-6-12-24)34-19-18-26-22-25(16-17-29(26)34)23(2)21-31(35)33-27-13-7-8-14-30(27)38-20-9-15-32(36)37/h4-8,11-14,16-19,21-22,28H,3,9-10,15,20H2,1-2H3,(H,33,35)(H,36,37)/b23-21+. The van der Waals surface area contributed by atoms with Gasteiger partial charge in [-0.2, -0.15) is 0 Å². The van der Waals surface area contributed by atoms with Crippen LogP contribution in [0.15, 0.2) is 91.1 Å². The van der Waals surface area contributed by atoms with Crippen LogP contribution < -0.4 is 10.1 Å². The van der Waals surface area contributed by atoms with E-state index < -0.39 is 5.97 Å². The van der Waals surface area contributed by atoms with Gasteiger partial charge in [-0.15, -0.1) is 0 Å². The molecule has 38 heavy (non-hydrogen) atoms. The Bertz CT molecular complexity index is 1420. The second-order valence-corrected chi connectivity index (χ2v) is 9.37. The van der Waals surface area contributed by atoms with Gasteiger partial charge in [0.1, 0.15) is 5.75 Å². The van der Waals surface area contributed by atoms with E-state index in [9.17, 15) is 9.59 Å². The molecule has 1 unspecified atom stereocenters. The number of aromatic nitrogens is 1. The van der Waals surface area contributed by atoms with E-state index >= 15 is 0 Å². The van der Waals surface area contributed by atoms with Crippen LogP contribution in [0.4, 0.5) is 5.69 Å². The van der Waals surface area contributed by atoms with E-state index in [2.05, 4.69) is 71.5 Å². The zero-order chi connectivity index (χ0) is 26.9. The van der Waals surface area contributed by atoms with Gasteiger partial charge in [-0.25, -0.2) is 0 Å². The summed E-state index contributed by atoms with van der Waals surface area (Å²) in [7, 11) is 0. The van der Waals surface area contributed by atoms with Gasteiger partial charge in [-0.3, -0.25) is 9.59 Å². The molecule has 0 fully saturated rings. The summed E-state index contributed by atoms with van der Waals surface area (Å²) in [6.07, 6.45) is 6.31. The number of ether oxygens (including phenoxy) is 1. The van der Waals surface area contributed by atoms with Crippen molar-refractivity contribution in [3.05, 3.63) is 102 Å². The third-order valence-electron chi connectivity index (χ3n) is 6.54. The molecule has 0 aliphatic rings. The molecule has 0 bridgehead atoms. The first-order chi connectivity index (χ1) is 18.5. The zero-order valence-electron chi connectivity index (χ0n) is 21.9. The first-order valence-corrected chi connectivity index (χ1v) is 13.0. The highest BCUT2D eigenvalue weighted by Gasteiger charge is 2.15. The molecule has 0 spiro atoms. The molecule has 0 saturated heterocycles. The maximum atomic E-state index is 12.8. The molecular formula is C32H34N2O4. The van der Waals surface area contributed by atoms with Crippen molar-refractivity contribution < 1.29 is 19.4 Å². The summed E-state index contributed by atoms with van der Waals surface area (Å²) in [6, 6.07) is 26.5. The Morgan fingerprint density at radius 1 is 1.03 bits per heavy atom. The fourth-order valence-electron chi connectivity index (χ4n) is 4.65. The van der Waals surface area contributed by atoms with Gasteiger partial charge >= 0.3 is 5.97 Å². The molecule has 196 valence electrons. The molecular weight excluding hydrogens is 476 g/mol. The van der Waals surface area contributed by atoms with E-state index in [-0.39, 0.29) is 25.0 Å². The number of fused-ring (bicyclic) bond motifs is 1. The Morgan fingerprint density at radius 2 is 1.79 bits per heavy atom. The molecule has 6 heteroatoms. The second kappa shape index (κ2) is 12.8. The summed E-state index contributed by atoms with van der Waals surface area (Å²) >= 11 is 0. The smallest absolute Gasteiger partial charge is 0.303 e. The number of aliphatic carboxylic acids is 1. The van der Waals surface area contributed by atoms with E-state index in [1.54, 1.807) is 18.2 Å². The molecule has 0 aliphatic heterocycles. The number of rotatable bonds is 12. The number of hydrogen-bond acceptors (Lipinski definition) is 3. The molecule has 0 radical (unpaired) electrons. The number of nitrogens with one attached hydrogen (secondary N) is 1. The fraction of sp³-hybridized carbons (Fsp3) is 0.250. The van der Waals surface area contributed by atoms with E-state index in [1.807, 2.05) is 25.1 Å². The lowest BCUT2D eigenvalue weighted by atomic mass is 10.0. The van der Waals surface area contributed by atoms with Crippen molar-refractivity contribution in [1.82, 2.24) is 4.57 Å². The van der Waals surface area contributed by atoms with Crippen LogP contribution in [-0.2, 0) is 9.59 Å². The number of hydrogen-bond donors (Lipinski definition) is 2. The van der Waals surface area contributed by atoms with Gasteiger partial charge in [0, 0.05) is 29.6 Å². The van der Waals surface area contributed by atoms with E-state index in [4.69, 9.17) is 9.84 Å². The molecule has 1 atom stereocenters. The number of anilines is 1.